The molecule has 1 amide bonds. The zero-order chi connectivity index (χ0) is 25.7. The molecule has 3 aromatic rings. The highest BCUT2D eigenvalue weighted by Crippen LogP contribution is 2.29. The second-order valence-electron chi connectivity index (χ2n) is 9.21. The molecule has 0 saturated carbocycles. The molecule has 1 heterocycles. The summed E-state index contributed by atoms with van der Waals surface area (Å²) in [5, 5.41) is 20.6. The van der Waals surface area contributed by atoms with E-state index in [1.807, 2.05) is 72.5 Å². The van der Waals surface area contributed by atoms with Gasteiger partial charge in [0, 0.05) is 18.0 Å². The topological polar surface area (TPSA) is 77.8 Å². The average molecular weight is 504 g/mol. The maximum absolute atomic E-state index is 12.5. The summed E-state index contributed by atoms with van der Waals surface area (Å²) in [6.45, 7) is 2.64. The van der Waals surface area contributed by atoms with Gasteiger partial charge in [-0.3, -0.25) is 4.79 Å². The standard InChI is InChI=1S/C30H30ClNO4/c1-20-18-25(31)11-14-27(20)23-5-2-6-24(19-23)28(33)15-12-26-13-16-29(34)32(26)17-3-4-21-7-9-22(10-8-21)30(35)36/h2,5-12,14-15,18-19,26,28,33H,3-4,13,16-17H2,1H3,(H,35,36)/b15-12+. The van der Waals surface area contributed by atoms with Crippen molar-refractivity contribution in [2.45, 2.75) is 44.8 Å². The van der Waals surface area contributed by atoms with E-state index in [9.17, 15) is 14.7 Å². The fourth-order valence-corrected chi connectivity index (χ4v) is 4.93. The van der Waals surface area contributed by atoms with Crippen molar-refractivity contribution in [3.63, 3.8) is 0 Å². The lowest BCUT2D eigenvalue weighted by molar-refractivity contribution is -0.128. The van der Waals surface area contributed by atoms with Crippen molar-refractivity contribution in [2.24, 2.45) is 0 Å². The summed E-state index contributed by atoms with van der Waals surface area (Å²) in [6, 6.07) is 20.4. The molecule has 1 fully saturated rings. The highest BCUT2D eigenvalue weighted by molar-refractivity contribution is 6.30. The molecule has 4 rings (SSSR count). The monoisotopic (exact) mass is 503 g/mol. The molecule has 6 heteroatoms. The SMILES string of the molecule is Cc1cc(Cl)ccc1-c1cccc(C(O)/C=C/C2CCC(=O)N2CCCc2ccc(C(=O)O)cc2)c1. The number of nitrogens with zero attached hydrogens (tertiary/aromatic N) is 1. The minimum Gasteiger partial charge on any atom is -0.478 e. The number of halogens is 1. The number of aliphatic hydroxyl groups excluding tert-OH is 1. The van der Waals surface area contributed by atoms with Gasteiger partial charge in [-0.1, -0.05) is 60.2 Å². The van der Waals surface area contributed by atoms with Crippen LogP contribution in [0.25, 0.3) is 11.1 Å². The highest BCUT2D eigenvalue weighted by Gasteiger charge is 2.28. The summed E-state index contributed by atoms with van der Waals surface area (Å²) in [4.78, 5) is 25.4. The summed E-state index contributed by atoms with van der Waals surface area (Å²) < 4.78 is 0. The van der Waals surface area contributed by atoms with Gasteiger partial charge in [0.2, 0.25) is 5.91 Å². The summed E-state index contributed by atoms with van der Waals surface area (Å²) in [5.41, 5.74) is 5.27. The van der Waals surface area contributed by atoms with Gasteiger partial charge in [-0.2, -0.15) is 0 Å². The van der Waals surface area contributed by atoms with Crippen LogP contribution in [-0.2, 0) is 11.2 Å². The van der Waals surface area contributed by atoms with Crippen molar-refractivity contribution >= 4 is 23.5 Å². The third-order valence-electron chi connectivity index (χ3n) is 6.68. The van der Waals surface area contributed by atoms with E-state index in [2.05, 4.69) is 0 Å². The van der Waals surface area contributed by atoms with Gasteiger partial charge in [0.15, 0.2) is 0 Å². The van der Waals surface area contributed by atoms with Gasteiger partial charge in [0.25, 0.3) is 0 Å². The van der Waals surface area contributed by atoms with Gasteiger partial charge >= 0.3 is 5.97 Å². The summed E-state index contributed by atoms with van der Waals surface area (Å²) in [6.07, 6.45) is 5.73. The van der Waals surface area contributed by atoms with Crippen LogP contribution in [-0.4, -0.2) is 39.6 Å². The number of hydrogen-bond donors (Lipinski definition) is 2. The molecular weight excluding hydrogens is 474 g/mol. The van der Waals surface area contributed by atoms with E-state index in [1.165, 1.54) is 0 Å². The van der Waals surface area contributed by atoms with Crippen LogP contribution >= 0.6 is 11.6 Å². The van der Waals surface area contributed by atoms with E-state index in [4.69, 9.17) is 16.7 Å². The Bertz CT molecular complexity index is 1270. The zero-order valence-corrected chi connectivity index (χ0v) is 21.0. The molecule has 0 spiro atoms. The number of rotatable bonds is 9. The molecule has 1 aliphatic rings. The lowest BCUT2D eigenvalue weighted by Gasteiger charge is -2.23. The van der Waals surface area contributed by atoms with Crippen LogP contribution < -0.4 is 0 Å². The normalized spacial score (nSPS) is 16.6. The molecule has 2 N–H and O–H groups in total. The fourth-order valence-electron chi connectivity index (χ4n) is 4.70. The van der Waals surface area contributed by atoms with Crippen molar-refractivity contribution in [1.82, 2.24) is 4.90 Å². The number of likely N-dealkylation sites (tertiary alicyclic amines) is 1. The predicted octanol–water partition coefficient (Wildman–Crippen LogP) is 6.23. The smallest absolute Gasteiger partial charge is 0.335 e. The molecule has 2 unspecified atom stereocenters. The molecule has 2 atom stereocenters. The molecule has 36 heavy (non-hydrogen) atoms. The van der Waals surface area contributed by atoms with Crippen LogP contribution in [0.2, 0.25) is 5.02 Å². The molecule has 0 aliphatic carbocycles. The van der Waals surface area contributed by atoms with E-state index in [0.29, 0.717) is 18.0 Å². The Balaban J connectivity index is 1.37. The number of hydrogen-bond acceptors (Lipinski definition) is 3. The second-order valence-corrected chi connectivity index (χ2v) is 9.65. The summed E-state index contributed by atoms with van der Waals surface area (Å²) in [7, 11) is 0. The van der Waals surface area contributed by atoms with Crippen LogP contribution in [0.3, 0.4) is 0 Å². The van der Waals surface area contributed by atoms with E-state index >= 15 is 0 Å². The van der Waals surface area contributed by atoms with Gasteiger partial charge in [0.1, 0.15) is 0 Å². The molecule has 1 aliphatic heterocycles. The molecule has 5 nitrogen and oxygen atoms in total. The number of carboxylic acid groups (broad SMARTS) is 1. The Morgan fingerprint density at radius 1 is 1.14 bits per heavy atom. The van der Waals surface area contributed by atoms with Crippen molar-refractivity contribution in [1.29, 1.82) is 0 Å². The van der Waals surface area contributed by atoms with Gasteiger partial charge in [-0.05, 0) is 84.3 Å². The summed E-state index contributed by atoms with van der Waals surface area (Å²) >= 11 is 6.09. The molecule has 0 bridgehead atoms. The number of aryl methyl sites for hydroxylation is 2. The van der Waals surface area contributed by atoms with Crippen molar-refractivity contribution in [2.75, 3.05) is 6.54 Å². The Morgan fingerprint density at radius 3 is 2.64 bits per heavy atom. The van der Waals surface area contributed by atoms with Crippen LogP contribution in [0.5, 0.6) is 0 Å². The number of amides is 1. The first-order chi connectivity index (χ1) is 17.3. The average Bonchev–Trinajstić information content (AvgIpc) is 3.22. The van der Waals surface area contributed by atoms with E-state index in [-0.39, 0.29) is 17.5 Å². The maximum atomic E-state index is 12.5. The number of benzene rings is 3. The predicted molar refractivity (Wildman–Crippen MR) is 142 cm³/mol. The molecule has 0 radical (unpaired) electrons. The number of carbonyl (C=O) groups is 2. The molecule has 3 aromatic carbocycles. The van der Waals surface area contributed by atoms with Crippen LogP contribution in [0.1, 0.15) is 52.4 Å². The lowest BCUT2D eigenvalue weighted by Crippen LogP contribution is -2.33. The van der Waals surface area contributed by atoms with Gasteiger partial charge in [0.05, 0.1) is 17.7 Å². The first kappa shape index (κ1) is 25.7. The van der Waals surface area contributed by atoms with Gasteiger partial charge in [-0.15, -0.1) is 0 Å². The third-order valence-corrected chi connectivity index (χ3v) is 6.92. The van der Waals surface area contributed by atoms with E-state index in [1.54, 1.807) is 18.2 Å². The molecule has 186 valence electrons. The van der Waals surface area contributed by atoms with Crippen molar-refractivity contribution < 1.29 is 19.8 Å². The van der Waals surface area contributed by atoms with E-state index in [0.717, 1.165) is 47.1 Å². The zero-order valence-electron chi connectivity index (χ0n) is 20.2. The van der Waals surface area contributed by atoms with Crippen LogP contribution in [0.4, 0.5) is 0 Å². The maximum Gasteiger partial charge on any atom is 0.335 e. The Labute approximate surface area is 216 Å². The summed E-state index contributed by atoms with van der Waals surface area (Å²) in [5.74, 6) is -0.812. The third kappa shape index (κ3) is 6.23. The number of carbonyl (C=O) groups excluding carboxylic acids is 1. The van der Waals surface area contributed by atoms with Crippen LogP contribution in [0.15, 0.2) is 78.9 Å². The largest absolute Gasteiger partial charge is 0.478 e. The van der Waals surface area contributed by atoms with Crippen molar-refractivity contribution in [3.8, 4) is 11.1 Å². The second kappa shape index (κ2) is 11.5. The first-order valence-corrected chi connectivity index (χ1v) is 12.5. The minimum absolute atomic E-state index is 0.0387. The van der Waals surface area contributed by atoms with Crippen molar-refractivity contribution in [3.05, 3.63) is 106 Å². The van der Waals surface area contributed by atoms with Crippen LogP contribution in [0, 0.1) is 6.92 Å². The first-order valence-electron chi connectivity index (χ1n) is 12.2. The molecule has 0 aromatic heterocycles. The van der Waals surface area contributed by atoms with Gasteiger partial charge < -0.3 is 15.1 Å². The number of aromatic carboxylic acids is 1. The lowest BCUT2D eigenvalue weighted by atomic mass is 9.97. The highest BCUT2D eigenvalue weighted by atomic mass is 35.5. The molecular formula is C30H30ClNO4. The molecule has 1 saturated heterocycles. The Hall–Kier alpha value is -3.41. The fraction of sp³-hybridized carbons (Fsp3) is 0.267. The quantitative estimate of drug-likeness (QED) is 0.339. The van der Waals surface area contributed by atoms with Gasteiger partial charge in [-0.25, -0.2) is 4.79 Å². The number of carboxylic acids is 1. The minimum atomic E-state index is -0.937. The Kier molecular flexibility index (Phi) is 8.24. The van der Waals surface area contributed by atoms with E-state index < -0.39 is 12.1 Å². The Morgan fingerprint density at radius 2 is 1.92 bits per heavy atom. The number of aliphatic hydroxyl groups is 1.